The lowest BCUT2D eigenvalue weighted by atomic mass is 9.85. The molecule has 0 spiro atoms. The van der Waals surface area contributed by atoms with Crippen molar-refractivity contribution in [2.45, 2.75) is 24.9 Å². The molecule has 0 fully saturated rings. The highest BCUT2D eigenvalue weighted by Crippen LogP contribution is 2.36. The van der Waals surface area contributed by atoms with Gasteiger partial charge in [0.05, 0.1) is 0 Å². The fourth-order valence-electron chi connectivity index (χ4n) is 2.13. The molecule has 2 N–H and O–H groups in total. The molecule has 1 aromatic rings. The monoisotopic (exact) mass is 218 g/mol. The number of allylic oxidation sites excluding steroid dienone is 1. The molecule has 0 aliphatic heterocycles. The van der Waals surface area contributed by atoms with Crippen molar-refractivity contribution in [2.24, 2.45) is 0 Å². The van der Waals surface area contributed by atoms with Gasteiger partial charge in [-0.05, 0) is 30.4 Å². The summed E-state index contributed by atoms with van der Waals surface area (Å²) in [5, 5.41) is 19.6. The second-order valence-corrected chi connectivity index (χ2v) is 4.00. The molecule has 84 valence electrons. The van der Waals surface area contributed by atoms with Gasteiger partial charge in [-0.15, -0.1) is 0 Å². The molecule has 1 aromatic carbocycles. The topological polar surface area (TPSA) is 57.5 Å². The van der Waals surface area contributed by atoms with Crippen molar-refractivity contribution in [3.8, 4) is 0 Å². The van der Waals surface area contributed by atoms with Crippen molar-refractivity contribution >= 4 is 5.97 Å². The number of hydrogen-bond donors (Lipinski definition) is 2. The Morgan fingerprint density at radius 3 is 2.44 bits per heavy atom. The minimum Gasteiger partial charge on any atom is -0.479 e. The molecule has 0 heterocycles. The number of hydrogen-bond acceptors (Lipinski definition) is 2. The zero-order valence-electron chi connectivity index (χ0n) is 8.89. The fourth-order valence-corrected chi connectivity index (χ4v) is 2.13. The number of carboxylic acid groups (broad SMARTS) is 1. The van der Waals surface area contributed by atoms with E-state index in [9.17, 15) is 15.0 Å². The number of aliphatic carboxylic acids is 1. The summed E-state index contributed by atoms with van der Waals surface area (Å²) < 4.78 is 0. The van der Waals surface area contributed by atoms with Gasteiger partial charge in [0.15, 0.2) is 0 Å². The van der Waals surface area contributed by atoms with Crippen LogP contribution in [-0.4, -0.2) is 16.2 Å². The minimum absolute atomic E-state index is 0.427. The number of rotatable bonds is 3. The smallest absolute Gasteiger partial charge is 0.344 e. The number of aliphatic hydroxyl groups is 1. The Kier molecular flexibility index (Phi) is 2.79. The molecule has 0 saturated heterocycles. The van der Waals surface area contributed by atoms with E-state index >= 15 is 0 Å². The van der Waals surface area contributed by atoms with Crippen LogP contribution < -0.4 is 0 Å². The van der Waals surface area contributed by atoms with Crippen molar-refractivity contribution in [3.05, 3.63) is 47.5 Å². The van der Waals surface area contributed by atoms with Gasteiger partial charge in [-0.25, -0.2) is 4.79 Å². The molecular weight excluding hydrogens is 204 g/mol. The summed E-state index contributed by atoms with van der Waals surface area (Å²) in [5.41, 5.74) is -0.820. The van der Waals surface area contributed by atoms with Gasteiger partial charge in [0, 0.05) is 0 Å². The average Bonchev–Trinajstić information content (AvgIpc) is 2.82. The van der Waals surface area contributed by atoms with Crippen molar-refractivity contribution in [3.63, 3.8) is 0 Å². The van der Waals surface area contributed by atoms with Gasteiger partial charge in [-0.2, -0.15) is 0 Å². The van der Waals surface area contributed by atoms with Crippen LogP contribution in [-0.2, 0) is 10.4 Å². The Morgan fingerprint density at radius 1 is 1.25 bits per heavy atom. The van der Waals surface area contributed by atoms with Gasteiger partial charge >= 0.3 is 5.97 Å². The molecule has 1 atom stereocenters. The van der Waals surface area contributed by atoms with E-state index in [1.807, 2.05) is 6.08 Å². The zero-order valence-corrected chi connectivity index (χ0v) is 8.89. The maximum atomic E-state index is 11.3. The maximum Gasteiger partial charge on any atom is 0.344 e. The van der Waals surface area contributed by atoms with E-state index in [1.54, 1.807) is 30.3 Å². The van der Waals surface area contributed by atoms with Crippen LogP contribution in [0.4, 0.5) is 0 Å². The van der Waals surface area contributed by atoms with Crippen molar-refractivity contribution < 1.29 is 15.0 Å². The van der Waals surface area contributed by atoms with Crippen LogP contribution in [0, 0.1) is 0 Å². The quantitative estimate of drug-likeness (QED) is 0.763. The molecule has 0 amide bonds. The van der Waals surface area contributed by atoms with E-state index in [0.717, 1.165) is 12.8 Å². The summed E-state index contributed by atoms with van der Waals surface area (Å²) in [4.78, 5) is 11.3. The Balaban J connectivity index is 2.48. The van der Waals surface area contributed by atoms with Crippen LogP contribution in [0.3, 0.4) is 0 Å². The van der Waals surface area contributed by atoms with Crippen molar-refractivity contribution in [1.29, 1.82) is 0 Å². The highest BCUT2D eigenvalue weighted by atomic mass is 16.4. The maximum absolute atomic E-state index is 11.3. The minimum atomic E-state index is -1.85. The zero-order chi connectivity index (χ0) is 11.6. The third-order valence-electron chi connectivity index (χ3n) is 3.01. The molecule has 0 radical (unpaired) electrons. The molecule has 0 bridgehead atoms. The van der Waals surface area contributed by atoms with Gasteiger partial charge in [-0.1, -0.05) is 36.4 Å². The number of benzene rings is 1. The van der Waals surface area contributed by atoms with Crippen LogP contribution in [0.25, 0.3) is 0 Å². The van der Waals surface area contributed by atoms with Crippen molar-refractivity contribution in [2.75, 3.05) is 0 Å². The first-order valence-electron chi connectivity index (χ1n) is 5.36. The molecule has 1 aliphatic carbocycles. The lowest BCUT2D eigenvalue weighted by Crippen LogP contribution is -2.37. The number of carboxylic acids is 1. The highest BCUT2D eigenvalue weighted by molar-refractivity contribution is 5.83. The van der Waals surface area contributed by atoms with Crippen LogP contribution in [0.1, 0.15) is 24.8 Å². The molecule has 3 heteroatoms. The lowest BCUT2D eigenvalue weighted by Gasteiger charge is -2.25. The summed E-state index contributed by atoms with van der Waals surface area (Å²) in [6, 6.07) is 8.56. The Morgan fingerprint density at radius 2 is 1.94 bits per heavy atom. The van der Waals surface area contributed by atoms with Gasteiger partial charge in [0.1, 0.15) is 0 Å². The summed E-state index contributed by atoms with van der Waals surface area (Å²) in [6.07, 6.45) is 4.24. The second kappa shape index (κ2) is 4.10. The molecule has 16 heavy (non-hydrogen) atoms. The first kappa shape index (κ1) is 10.9. The second-order valence-electron chi connectivity index (χ2n) is 4.00. The largest absolute Gasteiger partial charge is 0.479 e. The summed E-state index contributed by atoms with van der Waals surface area (Å²) in [6.45, 7) is 0. The third-order valence-corrected chi connectivity index (χ3v) is 3.01. The molecular formula is C13H14O3. The van der Waals surface area contributed by atoms with Gasteiger partial charge in [0.2, 0.25) is 5.60 Å². The predicted molar refractivity (Wildman–Crippen MR) is 59.9 cm³/mol. The summed E-state index contributed by atoms with van der Waals surface area (Å²) in [7, 11) is 0. The molecule has 1 aliphatic rings. The standard InChI is InChI=1S/C13H14O3/c14-12(15)13(16,11-8-4-5-9-11)10-6-2-1-3-7-10/h1-3,6-8,16H,4-5,9H2,(H,14,15)/t13-/m0/s1. The van der Waals surface area contributed by atoms with Crippen molar-refractivity contribution in [1.82, 2.24) is 0 Å². The highest BCUT2D eigenvalue weighted by Gasteiger charge is 2.42. The van der Waals surface area contributed by atoms with E-state index in [0.29, 0.717) is 17.6 Å². The molecule has 0 saturated carbocycles. The first-order chi connectivity index (χ1) is 7.65. The van der Waals surface area contributed by atoms with Crippen LogP contribution >= 0.6 is 0 Å². The summed E-state index contributed by atoms with van der Waals surface area (Å²) >= 11 is 0. The van der Waals surface area contributed by atoms with Crippen LogP contribution in [0.15, 0.2) is 42.0 Å². The van der Waals surface area contributed by atoms with Gasteiger partial charge in [-0.3, -0.25) is 0 Å². The van der Waals surface area contributed by atoms with E-state index in [2.05, 4.69) is 0 Å². The van der Waals surface area contributed by atoms with E-state index in [4.69, 9.17) is 0 Å². The Labute approximate surface area is 94.0 Å². The van der Waals surface area contributed by atoms with E-state index in [1.165, 1.54) is 0 Å². The predicted octanol–water partition coefficient (Wildman–Crippen LogP) is 2.07. The summed E-state index contributed by atoms with van der Waals surface area (Å²) in [5.74, 6) is -1.20. The number of carbonyl (C=O) groups is 1. The van der Waals surface area contributed by atoms with Gasteiger partial charge < -0.3 is 10.2 Å². The Hall–Kier alpha value is -1.61. The normalized spacial score (nSPS) is 18.9. The first-order valence-corrected chi connectivity index (χ1v) is 5.36. The fraction of sp³-hybridized carbons (Fsp3) is 0.308. The average molecular weight is 218 g/mol. The van der Waals surface area contributed by atoms with Crippen LogP contribution in [0.2, 0.25) is 0 Å². The lowest BCUT2D eigenvalue weighted by molar-refractivity contribution is -0.155. The SMILES string of the molecule is O=C(O)[C@@](O)(C1=CCCC1)c1ccccc1. The van der Waals surface area contributed by atoms with Crippen LogP contribution in [0.5, 0.6) is 0 Å². The van der Waals surface area contributed by atoms with Gasteiger partial charge in [0.25, 0.3) is 0 Å². The van der Waals surface area contributed by atoms with E-state index in [-0.39, 0.29) is 0 Å². The Bertz CT molecular complexity index is 422. The molecule has 0 aromatic heterocycles. The molecule has 2 rings (SSSR count). The van der Waals surface area contributed by atoms with E-state index < -0.39 is 11.6 Å². The molecule has 3 nitrogen and oxygen atoms in total. The molecule has 0 unspecified atom stereocenters. The third kappa shape index (κ3) is 1.63.